The molecule has 10 heteroatoms. The Morgan fingerprint density at radius 2 is 1.76 bits per heavy atom. The summed E-state index contributed by atoms with van der Waals surface area (Å²) in [4.78, 5) is 33.0. The minimum atomic E-state index is -0.0743. The maximum atomic E-state index is 13.0. The van der Waals surface area contributed by atoms with Crippen LogP contribution in [0.15, 0.2) is 67.4 Å². The van der Waals surface area contributed by atoms with E-state index in [1.807, 2.05) is 58.1 Å². The van der Waals surface area contributed by atoms with E-state index >= 15 is 0 Å². The molecule has 0 saturated carbocycles. The molecular formula is C27H25N9O. The van der Waals surface area contributed by atoms with Crippen molar-refractivity contribution < 1.29 is 4.79 Å². The van der Waals surface area contributed by atoms with E-state index in [2.05, 4.69) is 37.4 Å². The third-order valence-corrected chi connectivity index (χ3v) is 7.67. The number of nitrogens with zero attached hydrogens (tertiary/aromatic N) is 7. The van der Waals surface area contributed by atoms with Crippen LogP contribution in [0.25, 0.3) is 28.2 Å². The zero-order valence-electron chi connectivity index (χ0n) is 20.0. The van der Waals surface area contributed by atoms with E-state index in [-0.39, 0.29) is 23.9 Å². The number of aromatic amines is 1. The molecule has 4 aromatic heterocycles. The van der Waals surface area contributed by atoms with Crippen LogP contribution in [0.1, 0.15) is 47.9 Å². The number of nitrogens with one attached hydrogen (secondary N) is 1. The van der Waals surface area contributed by atoms with Gasteiger partial charge in [-0.05, 0) is 37.8 Å². The molecule has 184 valence electrons. The van der Waals surface area contributed by atoms with Crippen molar-refractivity contribution >= 4 is 17.4 Å². The van der Waals surface area contributed by atoms with Gasteiger partial charge in [-0.1, -0.05) is 30.3 Å². The third-order valence-electron chi connectivity index (χ3n) is 7.67. The summed E-state index contributed by atoms with van der Waals surface area (Å²) in [5.41, 5.74) is 11.8. The second-order valence-corrected chi connectivity index (χ2v) is 9.79. The first kappa shape index (κ1) is 21.7. The number of carbonyl (C=O) groups excluding carboxylic acids is 1. The lowest BCUT2D eigenvalue weighted by atomic mass is 9.88. The molecule has 2 aliphatic rings. The number of hydrogen-bond donors (Lipinski definition) is 2. The van der Waals surface area contributed by atoms with Crippen LogP contribution < -0.4 is 5.73 Å². The Hall–Kier alpha value is -4.60. The molecule has 0 aliphatic carbocycles. The lowest BCUT2D eigenvalue weighted by Crippen LogP contribution is -2.46. The van der Waals surface area contributed by atoms with Crippen molar-refractivity contribution in [1.82, 2.24) is 39.4 Å². The minimum Gasteiger partial charge on any atom is -0.381 e. The first-order valence-electron chi connectivity index (χ1n) is 12.5. The number of amides is 1. The van der Waals surface area contributed by atoms with Gasteiger partial charge in [0.25, 0.3) is 5.91 Å². The molecule has 7 rings (SSSR count). The molecule has 0 unspecified atom stereocenters. The quantitative estimate of drug-likeness (QED) is 0.392. The number of pyridine rings is 1. The van der Waals surface area contributed by atoms with Crippen molar-refractivity contribution in [3.05, 3.63) is 78.9 Å². The molecule has 6 heterocycles. The predicted molar refractivity (Wildman–Crippen MR) is 137 cm³/mol. The Labute approximate surface area is 212 Å². The lowest BCUT2D eigenvalue weighted by molar-refractivity contribution is 0.0557. The summed E-state index contributed by atoms with van der Waals surface area (Å²) < 4.78 is 2.02. The average Bonchev–Trinajstić information content (AvgIpc) is 3.68. The molecule has 2 aliphatic heterocycles. The fraction of sp³-hybridized carbons (Fsp3) is 0.259. The van der Waals surface area contributed by atoms with E-state index in [9.17, 15) is 4.79 Å². The van der Waals surface area contributed by atoms with Crippen LogP contribution in [0, 0.1) is 0 Å². The SMILES string of the molecule is Nc1nc(C2C[C@H]3CC[C@H](C2)N3C(=O)c2ncn[nH]2)cn2c(-c3ccc(-c4ccccc4)nc3)cnc12. The zero-order valence-corrected chi connectivity index (χ0v) is 20.0. The van der Waals surface area contributed by atoms with Gasteiger partial charge in [-0.3, -0.25) is 19.3 Å². The fourth-order valence-corrected chi connectivity index (χ4v) is 5.95. The summed E-state index contributed by atoms with van der Waals surface area (Å²) in [6.07, 6.45) is 10.8. The summed E-state index contributed by atoms with van der Waals surface area (Å²) in [6.45, 7) is 0. The lowest BCUT2D eigenvalue weighted by Gasteiger charge is -2.38. The van der Waals surface area contributed by atoms with Crippen molar-refractivity contribution in [3.8, 4) is 22.5 Å². The van der Waals surface area contributed by atoms with Gasteiger partial charge in [0, 0.05) is 41.5 Å². The molecule has 5 aromatic rings. The number of nitrogen functional groups attached to an aromatic ring is 1. The number of benzene rings is 1. The Kier molecular flexibility index (Phi) is 4.98. The number of piperidine rings is 1. The molecule has 2 atom stereocenters. The predicted octanol–water partition coefficient (Wildman–Crippen LogP) is 3.71. The molecule has 1 aromatic carbocycles. The number of fused-ring (bicyclic) bond motifs is 3. The van der Waals surface area contributed by atoms with E-state index < -0.39 is 0 Å². The number of anilines is 1. The molecule has 1 amide bonds. The summed E-state index contributed by atoms with van der Waals surface area (Å²) in [5.74, 6) is 0.839. The Morgan fingerprint density at radius 3 is 2.46 bits per heavy atom. The average molecular weight is 492 g/mol. The van der Waals surface area contributed by atoms with Gasteiger partial charge in [0.15, 0.2) is 11.5 Å². The van der Waals surface area contributed by atoms with E-state index in [1.54, 1.807) is 0 Å². The first-order chi connectivity index (χ1) is 18.2. The topological polar surface area (TPSA) is 131 Å². The normalized spacial score (nSPS) is 21.0. The maximum Gasteiger partial charge on any atom is 0.291 e. The number of carbonyl (C=O) groups is 1. The molecular weight excluding hydrogens is 466 g/mol. The van der Waals surface area contributed by atoms with Crippen LogP contribution in [0.3, 0.4) is 0 Å². The number of rotatable bonds is 4. The van der Waals surface area contributed by atoms with Crippen LogP contribution in [-0.2, 0) is 0 Å². The third kappa shape index (κ3) is 3.64. The van der Waals surface area contributed by atoms with Crippen LogP contribution in [0.4, 0.5) is 5.82 Å². The van der Waals surface area contributed by atoms with E-state index in [4.69, 9.17) is 10.7 Å². The molecule has 10 nitrogen and oxygen atoms in total. The Bertz CT molecular complexity index is 1560. The standard InChI is InChI=1S/C27H25N9O/c28-24-26-30-13-23(17-6-9-21(29-12-17)16-4-2-1-3-5-16)35(26)14-22(33-24)18-10-19-7-8-20(11-18)36(19)27(37)25-31-15-32-34-25/h1-6,9,12-15,18-20H,7-8,10-11H2,(H2,28,33)(H,31,32,34)/t19-,20-/m1/s1. The van der Waals surface area contributed by atoms with E-state index in [0.29, 0.717) is 17.3 Å². The van der Waals surface area contributed by atoms with Crippen LogP contribution >= 0.6 is 0 Å². The Morgan fingerprint density at radius 1 is 0.946 bits per heavy atom. The van der Waals surface area contributed by atoms with Crippen LogP contribution in [0.5, 0.6) is 0 Å². The van der Waals surface area contributed by atoms with E-state index in [0.717, 1.165) is 53.9 Å². The fourth-order valence-electron chi connectivity index (χ4n) is 5.95. The monoisotopic (exact) mass is 491 g/mol. The number of hydrogen-bond acceptors (Lipinski definition) is 7. The number of imidazole rings is 1. The molecule has 2 saturated heterocycles. The highest BCUT2D eigenvalue weighted by Crippen LogP contribution is 2.43. The molecule has 0 spiro atoms. The van der Waals surface area contributed by atoms with Gasteiger partial charge in [0.1, 0.15) is 6.33 Å². The van der Waals surface area contributed by atoms with Gasteiger partial charge in [0.05, 0.1) is 23.3 Å². The second-order valence-electron chi connectivity index (χ2n) is 9.79. The summed E-state index contributed by atoms with van der Waals surface area (Å²) in [7, 11) is 0. The molecule has 37 heavy (non-hydrogen) atoms. The summed E-state index contributed by atoms with van der Waals surface area (Å²) in [6, 6.07) is 14.5. The molecule has 3 N–H and O–H groups in total. The van der Waals surface area contributed by atoms with Gasteiger partial charge in [-0.2, -0.15) is 5.10 Å². The smallest absolute Gasteiger partial charge is 0.291 e. The van der Waals surface area contributed by atoms with Gasteiger partial charge >= 0.3 is 0 Å². The molecule has 2 fully saturated rings. The summed E-state index contributed by atoms with van der Waals surface area (Å²) in [5, 5.41) is 6.55. The van der Waals surface area contributed by atoms with Crippen molar-refractivity contribution in [2.45, 2.75) is 43.7 Å². The van der Waals surface area contributed by atoms with Crippen LogP contribution in [-0.4, -0.2) is 57.4 Å². The second kappa shape index (κ2) is 8.51. The van der Waals surface area contributed by atoms with Gasteiger partial charge < -0.3 is 10.6 Å². The highest BCUT2D eigenvalue weighted by molar-refractivity contribution is 5.91. The molecule has 2 bridgehead atoms. The van der Waals surface area contributed by atoms with Gasteiger partial charge in [-0.25, -0.2) is 15.0 Å². The highest BCUT2D eigenvalue weighted by Gasteiger charge is 2.45. The van der Waals surface area contributed by atoms with Crippen LogP contribution in [0.2, 0.25) is 0 Å². The number of nitrogens with two attached hydrogens (primary N) is 1. The highest BCUT2D eigenvalue weighted by atomic mass is 16.2. The number of H-pyrrole nitrogens is 1. The van der Waals surface area contributed by atoms with Crippen molar-refractivity contribution in [2.75, 3.05) is 5.73 Å². The molecule has 0 radical (unpaired) electrons. The zero-order chi connectivity index (χ0) is 24.9. The van der Waals surface area contributed by atoms with Gasteiger partial charge in [-0.15, -0.1) is 0 Å². The Balaban J connectivity index is 1.19. The van der Waals surface area contributed by atoms with Gasteiger partial charge in [0.2, 0.25) is 5.82 Å². The largest absolute Gasteiger partial charge is 0.381 e. The van der Waals surface area contributed by atoms with Crippen molar-refractivity contribution in [2.24, 2.45) is 0 Å². The van der Waals surface area contributed by atoms with Crippen molar-refractivity contribution in [1.29, 1.82) is 0 Å². The first-order valence-corrected chi connectivity index (χ1v) is 12.5. The minimum absolute atomic E-state index is 0.0743. The summed E-state index contributed by atoms with van der Waals surface area (Å²) >= 11 is 0. The van der Waals surface area contributed by atoms with Crippen molar-refractivity contribution in [3.63, 3.8) is 0 Å². The maximum absolute atomic E-state index is 13.0. The number of aromatic nitrogens is 7. The van der Waals surface area contributed by atoms with E-state index in [1.165, 1.54) is 6.33 Å².